The van der Waals surface area contributed by atoms with Crippen LogP contribution >= 0.6 is 11.8 Å². The van der Waals surface area contributed by atoms with E-state index < -0.39 is 0 Å². The third kappa shape index (κ3) is 2.82. The van der Waals surface area contributed by atoms with E-state index in [9.17, 15) is 0 Å². The number of anilines is 2. The molecule has 4 rings (SSSR count). The lowest BCUT2D eigenvalue weighted by atomic mass is 10.1. The molecule has 1 aliphatic rings. The summed E-state index contributed by atoms with van der Waals surface area (Å²) in [5, 5.41) is 4.82. The summed E-state index contributed by atoms with van der Waals surface area (Å²) >= 11 is 1.92. The first kappa shape index (κ1) is 15.3. The topological polar surface area (TPSA) is 34.1 Å². The second kappa shape index (κ2) is 6.73. The molecule has 1 aliphatic heterocycles. The van der Waals surface area contributed by atoms with E-state index in [-0.39, 0.29) is 0 Å². The zero-order valence-corrected chi connectivity index (χ0v) is 14.5. The van der Waals surface area contributed by atoms with Crippen LogP contribution in [-0.4, -0.2) is 11.6 Å². The Morgan fingerprint density at radius 3 is 2.83 bits per heavy atom. The van der Waals surface area contributed by atoms with Gasteiger partial charge >= 0.3 is 0 Å². The molecule has 0 fully saturated rings. The largest absolute Gasteiger partial charge is 0.491 e. The molecule has 24 heavy (non-hydrogen) atoms. The SMILES string of the molecule is CCCOc1ccccc1Nc1c2c(nc3ccccc13)CSC2. The van der Waals surface area contributed by atoms with E-state index in [1.54, 1.807) is 0 Å². The summed E-state index contributed by atoms with van der Waals surface area (Å²) in [6.45, 7) is 2.85. The molecule has 1 N–H and O–H groups in total. The number of para-hydroxylation sites is 3. The van der Waals surface area contributed by atoms with Gasteiger partial charge in [0.05, 0.1) is 29.2 Å². The van der Waals surface area contributed by atoms with Crippen molar-refractivity contribution in [1.29, 1.82) is 0 Å². The number of pyridine rings is 1. The summed E-state index contributed by atoms with van der Waals surface area (Å²) in [7, 11) is 0. The van der Waals surface area contributed by atoms with Gasteiger partial charge in [0, 0.05) is 22.5 Å². The highest BCUT2D eigenvalue weighted by atomic mass is 32.2. The summed E-state index contributed by atoms with van der Waals surface area (Å²) in [6, 6.07) is 16.5. The van der Waals surface area contributed by atoms with Gasteiger partial charge in [-0.05, 0) is 24.6 Å². The molecule has 122 valence electrons. The van der Waals surface area contributed by atoms with Gasteiger partial charge in [-0.1, -0.05) is 37.3 Å². The van der Waals surface area contributed by atoms with Gasteiger partial charge in [-0.2, -0.15) is 11.8 Å². The van der Waals surface area contributed by atoms with Gasteiger partial charge in [-0.25, -0.2) is 0 Å². The number of benzene rings is 2. The lowest BCUT2D eigenvalue weighted by Crippen LogP contribution is -2.03. The lowest BCUT2D eigenvalue weighted by molar-refractivity contribution is 0.319. The fraction of sp³-hybridized carbons (Fsp3) is 0.250. The number of aromatic nitrogens is 1. The van der Waals surface area contributed by atoms with Crippen molar-refractivity contribution in [2.24, 2.45) is 0 Å². The number of rotatable bonds is 5. The Kier molecular flexibility index (Phi) is 4.30. The van der Waals surface area contributed by atoms with Crippen LogP contribution in [0, 0.1) is 0 Å². The molecule has 4 heteroatoms. The zero-order valence-electron chi connectivity index (χ0n) is 13.7. The number of thioether (sulfide) groups is 1. The first-order valence-corrected chi connectivity index (χ1v) is 9.49. The van der Waals surface area contributed by atoms with Crippen LogP contribution in [0.2, 0.25) is 0 Å². The van der Waals surface area contributed by atoms with Crippen molar-refractivity contribution in [3.8, 4) is 5.75 Å². The average molecular weight is 336 g/mol. The van der Waals surface area contributed by atoms with E-state index in [0.717, 1.165) is 41.5 Å². The Labute approximate surface area is 146 Å². The second-order valence-corrected chi connectivity index (χ2v) is 6.88. The van der Waals surface area contributed by atoms with Crippen LogP contribution in [0.25, 0.3) is 10.9 Å². The van der Waals surface area contributed by atoms with Crippen LogP contribution in [0.5, 0.6) is 5.75 Å². The highest BCUT2D eigenvalue weighted by Gasteiger charge is 2.20. The van der Waals surface area contributed by atoms with Crippen molar-refractivity contribution in [3.63, 3.8) is 0 Å². The van der Waals surface area contributed by atoms with Crippen LogP contribution in [0.15, 0.2) is 48.5 Å². The second-order valence-electron chi connectivity index (χ2n) is 5.89. The molecule has 1 aromatic heterocycles. The maximum atomic E-state index is 5.91. The molecule has 0 unspecified atom stereocenters. The van der Waals surface area contributed by atoms with Crippen LogP contribution in [0.3, 0.4) is 0 Å². The van der Waals surface area contributed by atoms with E-state index >= 15 is 0 Å². The number of hydrogen-bond donors (Lipinski definition) is 1. The lowest BCUT2D eigenvalue weighted by Gasteiger charge is -2.17. The van der Waals surface area contributed by atoms with Crippen molar-refractivity contribution < 1.29 is 4.74 Å². The summed E-state index contributed by atoms with van der Waals surface area (Å²) in [6.07, 6.45) is 0.999. The first-order valence-electron chi connectivity index (χ1n) is 8.34. The minimum Gasteiger partial charge on any atom is -0.491 e. The maximum absolute atomic E-state index is 5.91. The van der Waals surface area contributed by atoms with Crippen LogP contribution in [-0.2, 0) is 11.5 Å². The first-order chi connectivity index (χ1) is 11.9. The maximum Gasteiger partial charge on any atom is 0.142 e. The van der Waals surface area contributed by atoms with Crippen molar-refractivity contribution in [1.82, 2.24) is 4.98 Å². The van der Waals surface area contributed by atoms with Gasteiger partial charge in [-0.3, -0.25) is 4.98 Å². The van der Waals surface area contributed by atoms with Gasteiger partial charge in [0.2, 0.25) is 0 Å². The van der Waals surface area contributed by atoms with Crippen molar-refractivity contribution in [2.45, 2.75) is 24.9 Å². The van der Waals surface area contributed by atoms with Gasteiger partial charge in [-0.15, -0.1) is 0 Å². The van der Waals surface area contributed by atoms with Gasteiger partial charge in [0.15, 0.2) is 0 Å². The fourth-order valence-corrected chi connectivity index (χ4v) is 4.06. The monoisotopic (exact) mass is 336 g/mol. The third-order valence-electron chi connectivity index (χ3n) is 4.17. The standard InChI is InChI=1S/C20H20N2OS/c1-2-11-23-19-10-6-5-9-17(19)22-20-14-7-3-4-8-16(14)21-18-13-24-12-15(18)20/h3-10H,2,11-13H2,1H3,(H,21,22). The van der Waals surface area contributed by atoms with Crippen molar-refractivity contribution in [2.75, 3.05) is 11.9 Å². The van der Waals surface area contributed by atoms with E-state index in [0.29, 0.717) is 0 Å². The van der Waals surface area contributed by atoms with Crippen LogP contribution in [0.1, 0.15) is 24.6 Å². The molecular formula is C20H20N2OS. The number of hydrogen-bond acceptors (Lipinski definition) is 4. The Bertz CT molecular complexity index is 879. The molecule has 2 aromatic carbocycles. The molecule has 0 atom stereocenters. The summed E-state index contributed by atoms with van der Waals surface area (Å²) in [5.41, 5.74) is 5.76. The fourth-order valence-electron chi connectivity index (χ4n) is 3.01. The Hall–Kier alpha value is -2.20. The van der Waals surface area contributed by atoms with E-state index in [1.165, 1.54) is 22.3 Å². The minimum atomic E-state index is 0.726. The molecule has 0 saturated carbocycles. The Morgan fingerprint density at radius 2 is 1.92 bits per heavy atom. The van der Waals surface area contributed by atoms with E-state index in [1.807, 2.05) is 36.0 Å². The predicted octanol–water partition coefficient (Wildman–Crippen LogP) is 5.51. The van der Waals surface area contributed by atoms with Gasteiger partial charge < -0.3 is 10.1 Å². The molecule has 0 aliphatic carbocycles. The quantitative estimate of drug-likeness (QED) is 0.666. The molecule has 0 saturated heterocycles. The molecule has 0 bridgehead atoms. The molecule has 3 nitrogen and oxygen atoms in total. The van der Waals surface area contributed by atoms with E-state index in [4.69, 9.17) is 9.72 Å². The molecule has 0 amide bonds. The highest BCUT2D eigenvalue weighted by molar-refractivity contribution is 7.98. The summed E-state index contributed by atoms with van der Waals surface area (Å²) in [4.78, 5) is 4.84. The Balaban J connectivity index is 1.81. The molecule has 0 spiro atoms. The molecule has 3 aromatic rings. The van der Waals surface area contributed by atoms with Gasteiger partial charge in [0.25, 0.3) is 0 Å². The summed E-state index contributed by atoms with van der Waals surface area (Å²) in [5.74, 6) is 2.90. The normalized spacial score (nSPS) is 13.0. The smallest absolute Gasteiger partial charge is 0.142 e. The Morgan fingerprint density at radius 1 is 1.08 bits per heavy atom. The summed E-state index contributed by atoms with van der Waals surface area (Å²) < 4.78 is 5.91. The number of ether oxygens (including phenoxy) is 1. The number of nitrogens with zero attached hydrogens (tertiary/aromatic N) is 1. The number of fused-ring (bicyclic) bond motifs is 2. The molecule has 0 radical (unpaired) electrons. The number of nitrogens with one attached hydrogen (secondary N) is 1. The van der Waals surface area contributed by atoms with Crippen molar-refractivity contribution >= 4 is 34.0 Å². The molecule has 2 heterocycles. The van der Waals surface area contributed by atoms with E-state index in [2.05, 4.69) is 36.5 Å². The minimum absolute atomic E-state index is 0.726. The van der Waals surface area contributed by atoms with Crippen molar-refractivity contribution in [3.05, 3.63) is 59.8 Å². The predicted molar refractivity (Wildman–Crippen MR) is 102 cm³/mol. The highest BCUT2D eigenvalue weighted by Crippen LogP contribution is 2.40. The zero-order chi connectivity index (χ0) is 16.4. The van der Waals surface area contributed by atoms with Gasteiger partial charge in [0.1, 0.15) is 5.75 Å². The molecular weight excluding hydrogens is 316 g/mol. The average Bonchev–Trinajstić information content (AvgIpc) is 3.09. The van der Waals surface area contributed by atoms with Crippen LogP contribution < -0.4 is 10.1 Å². The third-order valence-corrected chi connectivity index (χ3v) is 5.14. The van der Waals surface area contributed by atoms with Crippen LogP contribution in [0.4, 0.5) is 11.4 Å².